The van der Waals surface area contributed by atoms with Crippen LogP contribution in [0.1, 0.15) is 217 Å². The van der Waals surface area contributed by atoms with E-state index < -0.39 is 135 Å². The van der Waals surface area contributed by atoms with Gasteiger partial charge in [-0.15, -0.1) is 0 Å². The number of ether oxygens (including phenoxy) is 9. The predicted molar refractivity (Wildman–Crippen MR) is 467 cm³/mol. The normalized spacial score (nSPS) is 26.6. The molecule has 12 heterocycles. The number of aromatic nitrogens is 16. The number of H-pyrrole nitrogens is 3. The zero-order chi connectivity index (χ0) is 92.2. The number of hydrogen-bond donors (Lipinski definition) is 10. The molecule has 4 fully saturated rings. The Labute approximate surface area is 724 Å². The summed E-state index contributed by atoms with van der Waals surface area (Å²) in [6.45, 7) is 39.6. The van der Waals surface area contributed by atoms with Crippen molar-refractivity contribution in [2.45, 2.75) is 312 Å². The highest BCUT2D eigenvalue weighted by atomic mass is 32.5. The summed E-state index contributed by atoms with van der Waals surface area (Å²) in [6.07, 6.45) is 0.235. The summed E-state index contributed by atoms with van der Waals surface area (Å²) in [4.78, 5) is 114. The Bertz CT molecular complexity index is 5130. The van der Waals surface area contributed by atoms with Crippen molar-refractivity contribution in [3.8, 4) is 0 Å². The molecule has 0 aliphatic carbocycles. The van der Waals surface area contributed by atoms with E-state index in [-0.39, 0.29) is 96.5 Å². The van der Waals surface area contributed by atoms with Gasteiger partial charge in [0.25, 0.3) is 16.7 Å². The molecule has 0 spiro atoms. The highest BCUT2D eigenvalue weighted by molar-refractivity contribution is 8.07. The lowest BCUT2D eigenvalue weighted by Gasteiger charge is -2.32. The molecule has 0 radical (unpaired) electrons. The number of phosphoric ester groups is 1. The van der Waals surface area contributed by atoms with Crippen LogP contribution in [-0.2, 0) is 98.0 Å². The van der Waals surface area contributed by atoms with E-state index in [1.807, 2.05) is 62.3 Å². The Hall–Kier alpha value is -6.39. The third-order valence-corrected chi connectivity index (χ3v) is 23.6. The molecule has 0 bridgehead atoms. The van der Waals surface area contributed by atoms with Gasteiger partial charge in [0.05, 0.1) is 72.1 Å². The second-order valence-corrected chi connectivity index (χ2v) is 46.2. The minimum absolute atomic E-state index is 0.0277. The molecule has 0 amide bonds. The van der Waals surface area contributed by atoms with Crippen molar-refractivity contribution in [3.05, 3.63) is 62.7 Å². The number of nitrogens with one attached hydrogen (secondary N) is 3. The van der Waals surface area contributed by atoms with E-state index in [1.54, 1.807) is 75.8 Å². The maximum absolute atomic E-state index is 12.8. The van der Waals surface area contributed by atoms with E-state index in [1.165, 1.54) is 44.1 Å². The lowest BCUT2D eigenvalue weighted by molar-refractivity contribution is -0.123. The van der Waals surface area contributed by atoms with Crippen molar-refractivity contribution < 1.29 is 89.0 Å². The topological polar surface area (TPSA) is 555 Å². The molecule has 123 heavy (non-hydrogen) atoms. The highest BCUT2D eigenvalue weighted by Gasteiger charge is 2.56. The molecule has 8 aromatic rings. The second kappa shape index (κ2) is 37.7. The molecular weight excluding hydrogens is 1700 g/mol. The van der Waals surface area contributed by atoms with Crippen LogP contribution >= 0.6 is 21.3 Å². The molecule has 0 saturated carbocycles. The van der Waals surface area contributed by atoms with Crippen LogP contribution in [0.2, 0.25) is 0 Å². The first kappa shape index (κ1) is 100. The SMILES string of the molecule is CO[C@H]1C(OC(C)(C)C)[C@@H](CC(C)(C)C)O[C@H]1n1cnc2c(=O)[nH]c(N)nc21.CO[C@H]1C(OP(=O)(O)OC(C)(C)C)[C@@H](CC(C)(C)C)O[C@H]1n1cnc2c(=O)[nH]c(N)nc21.CO[C@H]1C(OP(O)(=S)OC(C)(C)C)[C@@H](CC(C)(C)C)O[C@H]1n1cnc2c(=O)[nH]c(N)nc21.CO[C@H]1C(OP(O)(=S)OC(C)(C)C)[C@@H](CC(C)(C)C)O[C@H]1n1cnc2c(N)ncnc21. The Morgan fingerprint density at radius 2 is 0.650 bits per heavy atom. The number of rotatable bonds is 22. The van der Waals surface area contributed by atoms with E-state index in [0.717, 1.165) is 6.42 Å². The average Bonchev–Trinajstić information content (AvgIpc) is 1.62. The number of fused-ring (bicyclic) bond motifs is 4. The molecular formula is C76H127N20O22P3S2. The minimum Gasteiger partial charge on any atom is -0.382 e. The maximum atomic E-state index is 12.8. The van der Waals surface area contributed by atoms with Gasteiger partial charge in [-0.1, -0.05) is 83.1 Å². The fourth-order valence-corrected chi connectivity index (χ4v) is 20.6. The van der Waals surface area contributed by atoms with Gasteiger partial charge in [-0.2, -0.15) is 15.0 Å². The minimum atomic E-state index is -4.46. The number of nitrogens with zero attached hydrogens (tertiary/aromatic N) is 13. The number of methoxy groups -OCH3 is 4. The molecule has 19 atom stereocenters. The van der Waals surface area contributed by atoms with Crippen molar-refractivity contribution in [2.75, 3.05) is 51.4 Å². The van der Waals surface area contributed by atoms with Crippen molar-refractivity contribution in [1.29, 1.82) is 0 Å². The van der Waals surface area contributed by atoms with Crippen LogP contribution in [-0.4, -0.2) is 217 Å². The molecule has 4 saturated heterocycles. The van der Waals surface area contributed by atoms with Crippen LogP contribution in [0.5, 0.6) is 0 Å². The van der Waals surface area contributed by atoms with Gasteiger partial charge in [0.1, 0.15) is 60.7 Å². The summed E-state index contributed by atoms with van der Waals surface area (Å²) in [5.41, 5.74) is 21.0. The Balaban J connectivity index is 0.000000186. The Morgan fingerprint density at radius 1 is 0.382 bits per heavy atom. The Morgan fingerprint density at radius 3 is 0.927 bits per heavy atom. The van der Waals surface area contributed by atoms with Gasteiger partial charge in [-0.05, 0) is 154 Å². The molecule has 12 rings (SSSR count). The summed E-state index contributed by atoms with van der Waals surface area (Å²) in [5, 5.41) is 0. The van der Waals surface area contributed by atoms with Gasteiger partial charge in [-0.25, -0.2) is 34.5 Å². The van der Waals surface area contributed by atoms with E-state index >= 15 is 0 Å². The molecule has 14 N–H and O–H groups in total. The first-order chi connectivity index (χ1) is 56.3. The van der Waals surface area contributed by atoms with Gasteiger partial charge >= 0.3 is 21.3 Å². The lowest BCUT2D eigenvalue weighted by atomic mass is 9.87. The molecule has 7 unspecified atom stereocenters. The van der Waals surface area contributed by atoms with Gasteiger partial charge in [0, 0.05) is 28.4 Å². The van der Waals surface area contributed by atoms with Crippen LogP contribution in [0, 0.1) is 21.7 Å². The lowest BCUT2D eigenvalue weighted by Crippen LogP contribution is -2.42. The van der Waals surface area contributed by atoms with Crippen molar-refractivity contribution in [2.24, 2.45) is 21.7 Å². The molecule has 690 valence electrons. The average molecular weight is 1830 g/mol. The van der Waals surface area contributed by atoms with Gasteiger partial charge < -0.3 is 89.3 Å². The van der Waals surface area contributed by atoms with E-state index in [4.69, 9.17) is 116 Å². The quantitative estimate of drug-likeness (QED) is 0.0282. The van der Waals surface area contributed by atoms with Crippen LogP contribution in [0.15, 0.2) is 46.0 Å². The monoisotopic (exact) mass is 1830 g/mol. The van der Waals surface area contributed by atoms with Gasteiger partial charge in [0.2, 0.25) is 17.8 Å². The first-order valence-corrected chi connectivity index (χ1v) is 46.6. The molecule has 4 aliphatic rings. The fourth-order valence-electron chi connectivity index (χ4n) is 14.7. The first-order valence-electron chi connectivity index (χ1n) is 40.0. The fraction of sp³-hybridized carbons (Fsp3) is 0.737. The van der Waals surface area contributed by atoms with E-state index in [9.17, 15) is 33.6 Å². The van der Waals surface area contributed by atoms with E-state index in [0.29, 0.717) is 36.1 Å². The summed E-state index contributed by atoms with van der Waals surface area (Å²) in [7, 11) is 1.69. The molecule has 42 nitrogen and oxygen atoms in total. The number of aromatic amines is 3. The van der Waals surface area contributed by atoms with E-state index in [2.05, 4.69) is 122 Å². The van der Waals surface area contributed by atoms with Crippen LogP contribution < -0.4 is 39.6 Å². The summed E-state index contributed by atoms with van der Waals surface area (Å²) in [6, 6.07) is 0. The van der Waals surface area contributed by atoms with Crippen LogP contribution in [0.3, 0.4) is 0 Å². The predicted octanol–water partition coefficient (Wildman–Crippen LogP) is 10.2. The summed E-state index contributed by atoms with van der Waals surface area (Å²) >= 11 is 10.6. The summed E-state index contributed by atoms with van der Waals surface area (Å²) in [5.74, 6) is 0.188. The zero-order valence-electron chi connectivity index (χ0n) is 75.3. The number of phosphoric acid groups is 1. The zero-order valence-corrected chi connectivity index (χ0v) is 79.6. The third-order valence-electron chi connectivity index (χ3n) is 18.7. The molecule has 0 aromatic carbocycles. The molecule has 4 aliphatic heterocycles. The highest BCUT2D eigenvalue weighted by Crippen LogP contribution is 2.57. The number of nitrogen functional groups attached to an aromatic ring is 4. The van der Waals surface area contributed by atoms with Gasteiger partial charge in [-0.3, -0.25) is 65.7 Å². The third kappa shape index (κ3) is 26.4. The maximum Gasteiger partial charge on any atom is 0.473 e. The molecule has 8 aromatic heterocycles. The van der Waals surface area contributed by atoms with Crippen molar-refractivity contribution in [3.63, 3.8) is 0 Å². The number of hydrogen-bond acceptors (Lipinski definition) is 34. The van der Waals surface area contributed by atoms with Crippen LogP contribution in [0.25, 0.3) is 44.7 Å². The van der Waals surface area contributed by atoms with Crippen molar-refractivity contribution in [1.82, 2.24) is 78.1 Å². The number of nitrogens with two attached hydrogens (primary N) is 4. The summed E-state index contributed by atoms with van der Waals surface area (Å²) < 4.78 is 108. The van der Waals surface area contributed by atoms with Gasteiger partial charge in [0.15, 0.2) is 69.9 Å². The number of imidazole rings is 4. The molecule has 47 heteroatoms. The second-order valence-electron chi connectivity index (χ2n) is 39.5. The smallest absolute Gasteiger partial charge is 0.382 e. The number of anilines is 4. The standard InChI is InChI=1S/C19H32N5O7P.C19H32N5O6PS.C19H32N5O5PS.C19H31N5O4/c1-18(2,3)8-10-12(30-32(26,27)31-19(4,5)6)13(28-7)16(29-10)24-9-21-11-14(24)22-17(20)23-15(11)25;1-18(2,3)8-10-12(29-31(26,32)30-19(4,5)6)13(27-7)16(28-10)24-9-21-11-14(24)22-17(20)23-15(11)25;1-18(2,3)8-11-13(28-30(25,31)29-19(4,5)6)14(26-7)17(27-11)24-10-23-12-15(20)21-9-22-16(12)24;1-18(2,3)8-10-12(28-19(4,5)6)13(26-7)16(27-10)24-9-21-11-14(24)22-17(20)23-15(11)25/h9-10,12-13,16H,8H2,1-7H3,(H,26,27)(H3,20,22,23,25);9-10,12-13,16H,8H2,1-7H3,(H,26,32)(H3,20,22,23,25);9-11,13-14,17H,8H2,1-7H3,(H,25,31)(H2,20,21,22);9-10,12-13,16H,8H2,1-7H3,(H3,20,22,23,25)/t10-,12?,13+,16-;10-,12?,13+,16-,31?;11-,13?,14+,17-,30?;10-,12?,13+,16-/m1111/s1. The Kier molecular flexibility index (Phi) is 30.8. The largest absolute Gasteiger partial charge is 0.473 e. The van der Waals surface area contributed by atoms with Crippen LogP contribution in [0.4, 0.5) is 23.7 Å². The van der Waals surface area contributed by atoms with Crippen molar-refractivity contribution >= 4 is 113 Å².